The lowest BCUT2D eigenvalue weighted by Crippen LogP contribution is -2.53. The van der Waals surface area contributed by atoms with Gasteiger partial charge in [0.1, 0.15) is 0 Å². The molecule has 0 aromatic heterocycles. The van der Waals surface area contributed by atoms with Crippen LogP contribution < -0.4 is 0 Å². The lowest BCUT2D eigenvalue weighted by atomic mass is 9.91. The summed E-state index contributed by atoms with van der Waals surface area (Å²) >= 11 is 0. The Morgan fingerprint density at radius 2 is 1.20 bits per heavy atom. The van der Waals surface area contributed by atoms with Crippen LogP contribution in [0.3, 0.4) is 0 Å². The van der Waals surface area contributed by atoms with Gasteiger partial charge in [-0.3, -0.25) is 0 Å². The summed E-state index contributed by atoms with van der Waals surface area (Å²) in [5.74, 6) is 0. The minimum Gasteiger partial charge on any atom is -0.206 e. The fraction of sp³-hybridized carbons (Fsp3) is 1.00. The van der Waals surface area contributed by atoms with Crippen LogP contribution in [-0.4, -0.2) is 30.1 Å². The quantitative estimate of drug-likeness (QED) is 0.790. The van der Waals surface area contributed by atoms with Crippen molar-refractivity contribution in [2.75, 3.05) is 0 Å². The standard InChI is InChI=1S/C14H25F2NO2S/c1-14(15,16)20(18,19)17(12-8-4-2-5-9-12)13-10-6-3-7-11-13/h12-13H,2-11H2,1H3. The largest absolute Gasteiger partial charge is 0.356 e. The van der Waals surface area contributed by atoms with E-state index in [1.165, 1.54) is 4.31 Å². The fourth-order valence-corrected chi connectivity index (χ4v) is 5.12. The molecule has 2 aliphatic rings. The van der Waals surface area contributed by atoms with Gasteiger partial charge in [-0.1, -0.05) is 38.5 Å². The number of halogens is 2. The molecule has 0 aromatic carbocycles. The lowest BCUT2D eigenvalue weighted by Gasteiger charge is -2.41. The first-order valence-electron chi connectivity index (χ1n) is 7.75. The average molecular weight is 309 g/mol. The molecule has 20 heavy (non-hydrogen) atoms. The zero-order valence-corrected chi connectivity index (χ0v) is 13.0. The second kappa shape index (κ2) is 6.26. The molecular formula is C14H25F2NO2S. The molecule has 118 valence electrons. The third kappa shape index (κ3) is 3.32. The van der Waals surface area contributed by atoms with E-state index in [-0.39, 0.29) is 12.1 Å². The highest BCUT2D eigenvalue weighted by molar-refractivity contribution is 7.90. The molecule has 0 unspecified atom stereocenters. The molecule has 0 bridgehead atoms. The van der Waals surface area contributed by atoms with Crippen molar-refractivity contribution in [2.24, 2.45) is 0 Å². The summed E-state index contributed by atoms with van der Waals surface area (Å²) in [5.41, 5.74) is 0. The molecule has 0 aliphatic heterocycles. The molecule has 0 aromatic rings. The van der Waals surface area contributed by atoms with Crippen LogP contribution in [0.4, 0.5) is 8.78 Å². The van der Waals surface area contributed by atoms with Crippen LogP contribution in [0.5, 0.6) is 0 Å². The summed E-state index contributed by atoms with van der Waals surface area (Å²) in [7, 11) is -4.54. The van der Waals surface area contributed by atoms with Crippen LogP contribution in [-0.2, 0) is 10.0 Å². The van der Waals surface area contributed by atoms with E-state index in [0.29, 0.717) is 6.92 Å². The fourth-order valence-electron chi connectivity index (χ4n) is 3.55. The van der Waals surface area contributed by atoms with E-state index in [1.54, 1.807) is 0 Å². The zero-order valence-electron chi connectivity index (χ0n) is 12.2. The topological polar surface area (TPSA) is 37.4 Å². The van der Waals surface area contributed by atoms with E-state index in [9.17, 15) is 17.2 Å². The molecule has 0 spiro atoms. The number of alkyl halides is 2. The SMILES string of the molecule is CC(F)(F)S(=O)(=O)N(C1CCCCC1)C1CCCCC1. The number of hydrogen-bond acceptors (Lipinski definition) is 2. The van der Waals surface area contributed by atoms with E-state index in [2.05, 4.69) is 0 Å². The zero-order chi connectivity index (χ0) is 14.8. The third-order valence-electron chi connectivity index (χ3n) is 4.60. The highest BCUT2D eigenvalue weighted by Gasteiger charge is 2.49. The van der Waals surface area contributed by atoms with Gasteiger partial charge in [0.05, 0.1) is 0 Å². The van der Waals surface area contributed by atoms with E-state index in [4.69, 9.17) is 0 Å². The van der Waals surface area contributed by atoms with Crippen LogP contribution >= 0.6 is 0 Å². The molecule has 0 heterocycles. The van der Waals surface area contributed by atoms with Crippen LogP contribution in [0.15, 0.2) is 0 Å². The molecule has 6 heteroatoms. The van der Waals surface area contributed by atoms with Gasteiger partial charge in [0.2, 0.25) is 0 Å². The van der Waals surface area contributed by atoms with Gasteiger partial charge in [0.25, 0.3) is 10.0 Å². The Kier molecular flexibility index (Phi) is 5.05. The Hall–Kier alpha value is -0.230. The first-order valence-corrected chi connectivity index (χ1v) is 9.19. The molecule has 3 nitrogen and oxygen atoms in total. The Bertz CT molecular complexity index is 389. The van der Waals surface area contributed by atoms with Crippen molar-refractivity contribution in [3.05, 3.63) is 0 Å². The Morgan fingerprint density at radius 1 is 0.850 bits per heavy atom. The van der Waals surface area contributed by atoms with Gasteiger partial charge in [-0.05, 0) is 25.7 Å². The number of sulfonamides is 1. The van der Waals surface area contributed by atoms with Gasteiger partial charge in [0.15, 0.2) is 0 Å². The van der Waals surface area contributed by atoms with E-state index in [0.717, 1.165) is 64.2 Å². The Labute approximate surface area is 120 Å². The minimum absolute atomic E-state index is 0.220. The average Bonchev–Trinajstić information content (AvgIpc) is 2.40. The number of hydrogen-bond donors (Lipinski definition) is 0. The second-order valence-corrected chi connectivity index (χ2v) is 8.32. The van der Waals surface area contributed by atoms with Gasteiger partial charge in [-0.25, -0.2) is 8.42 Å². The summed E-state index contributed by atoms with van der Waals surface area (Å²) in [6.07, 6.45) is 8.85. The summed E-state index contributed by atoms with van der Waals surface area (Å²) in [6, 6.07) is -0.439. The van der Waals surface area contributed by atoms with E-state index in [1.807, 2.05) is 0 Å². The smallest absolute Gasteiger partial charge is 0.206 e. The van der Waals surface area contributed by atoms with Crippen molar-refractivity contribution in [1.82, 2.24) is 4.31 Å². The predicted octanol–water partition coefficient (Wildman–Crippen LogP) is 3.90. The maximum absolute atomic E-state index is 13.6. The first-order chi connectivity index (χ1) is 9.34. The summed E-state index contributed by atoms with van der Waals surface area (Å²) in [6.45, 7) is 0.515. The molecule has 2 rings (SSSR count). The molecular weight excluding hydrogens is 284 g/mol. The summed E-state index contributed by atoms with van der Waals surface area (Å²) in [4.78, 5) is 0. The lowest BCUT2D eigenvalue weighted by molar-refractivity contribution is 0.0857. The van der Waals surface area contributed by atoms with E-state index >= 15 is 0 Å². The maximum Gasteiger partial charge on any atom is 0.356 e. The third-order valence-corrected chi connectivity index (χ3v) is 6.66. The van der Waals surface area contributed by atoms with Crippen molar-refractivity contribution < 1.29 is 17.2 Å². The number of rotatable bonds is 4. The van der Waals surface area contributed by atoms with Crippen LogP contribution in [0.1, 0.15) is 71.1 Å². The summed E-state index contributed by atoms with van der Waals surface area (Å²) in [5, 5.41) is -3.68. The molecule has 2 saturated carbocycles. The number of nitrogens with zero attached hydrogens (tertiary/aromatic N) is 1. The van der Waals surface area contributed by atoms with Gasteiger partial charge in [0, 0.05) is 19.0 Å². The highest BCUT2D eigenvalue weighted by Crippen LogP contribution is 2.37. The monoisotopic (exact) mass is 309 g/mol. The van der Waals surface area contributed by atoms with Crippen LogP contribution in [0.25, 0.3) is 0 Å². The van der Waals surface area contributed by atoms with Gasteiger partial charge < -0.3 is 0 Å². The van der Waals surface area contributed by atoms with Gasteiger partial charge in [-0.2, -0.15) is 13.1 Å². The Balaban J connectivity index is 2.27. The molecule has 0 atom stereocenters. The van der Waals surface area contributed by atoms with Crippen LogP contribution in [0, 0.1) is 0 Å². The van der Waals surface area contributed by atoms with Crippen molar-refractivity contribution in [3.8, 4) is 0 Å². The molecule has 0 amide bonds. The van der Waals surface area contributed by atoms with Crippen LogP contribution in [0.2, 0.25) is 0 Å². The molecule has 0 saturated heterocycles. The van der Waals surface area contributed by atoms with Crippen molar-refractivity contribution in [3.63, 3.8) is 0 Å². The van der Waals surface area contributed by atoms with Crippen molar-refractivity contribution >= 4 is 10.0 Å². The Morgan fingerprint density at radius 3 is 1.50 bits per heavy atom. The maximum atomic E-state index is 13.6. The molecule has 2 fully saturated rings. The van der Waals surface area contributed by atoms with Gasteiger partial charge in [-0.15, -0.1) is 0 Å². The second-order valence-electron chi connectivity index (χ2n) is 6.23. The van der Waals surface area contributed by atoms with Gasteiger partial charge >= 0.3 is 5.25 Å². The van der Waals surface area contributed by atoms with Crippen molar-refractivity contribution in [1.29, 1.82) is 0 Å². The van der Waals surface area contributed by atoms with Crippen molar-refractivity contribution in [2.45, 2.75) is 88.5 Å². The molecule has 2 aliphatic carbocycles. The molecule has 0 N–H and O–H groups in total. The predicted molar refractivity (Wildman–Crippen MR) is 75.1 cm³/mol. The summed E-state index contributed by atoms with van der Waals surface area (Å²) < 4.78 is 53.1. The normalized spacial score (nSPS) is 24.2. The highest BCUT2D eigenvalue weighted by atomic mass is 32.2. The van der Waals surface area contributed by atoms with E-state index < -0.39 is 15.3 Å². The first kappa shape index (κ1) is 16.1. The minimum atomic E-state index is -4.54. The molecule has 0 radical (unpaired) electrons.